The molecule has 0 fully saturated rings. The van der Waals surface area contributed by atoms with E-state index in [0.717, 1.165) is 28.8 Å². The van der Waals surface area contributed by atoms with Gasteiger partial charge in [-0.25, -0.2) is 9.67 Å². The van der Waals surface area contributed by atoms with Gasteiger partial charge in [0.1, 0.15) is 5.02 Å². The van der Waals surface area contributed by atoms with Gasteiger partial charge in [-0.15, -0.1) is 0 Å². The molecule has 34 heavy (non-hydrogen) atoms. The van der Waals surface area contributed by atoms with Gasteiger partial charge in [-0.05, 0) is 30.7 Å². The first-order valence-corrected chi connectivity index (χ1v) is 10.6. The Morgan fingerprint density at radius 3 is 2.85 bits per heavy atom. The van der Waals surface area contributed by atoms with Gasteiger partial charge in [-0.2, -0.15) is 23.3 Å². The predicted octanol–water partition coefficient (Wildman–Crippen LogP) is 4.12. The molecule has 176 valence electrons. The molecule has 4 heterocycles. The van der Waals surface area contributed by atoms with E-state index in [9.17, 15) is 18.0 Å². The van der Waals surface area contributed by atoms with Crippen LogP contribution in [0.4, 0.5) is 30.4 Å². The lowest BCUT2D eigenvalue weighted by Gasteiger charge is -2.16. The molecule has 13 heteroatoms. The molecule has 0 unspecified atom stereocenters. The molecule has 3 aromatic heterocycles. The standard InChI is InChI=1S/C21H17ClF3N7O2/c1-31-14-4-3-11(9-12(14)16-17(19(31)33)34-8-2-6-26-16)28-18-13(22)10-27-20(29-18)32-7-5-15(30-32)21(23,24)25/h3-5,7,9-10,26H,2,6,8H2,1H3,(H,27,28,29). The number of alkyl halides is 3. The smallest absolute Gasteiger partial charge is 0.435 e. The van der Waals surface area contributed by atoms with Crippen LogP contribution in [0, 0.1) is 0 Å². The fourth-order valence-corrected chi connectivity index (χ4v) is 3.78. The number of ether oxygens (including phenoxy) is 1. The number of fused-ring (bicyclic) bond motifs is 3. The van der Waals surface area contributed by atoms with Crippen molar-refractivity contribution in [2.75, 3.05) is 23.8 Å². The Kier molecular flexibility index (Phi) is 5.31. The zero-order chi connectivity index (χ0) is 24.0. The van der Waals surface area contributed by atoms with Crippen LogP contribution in [-0.4, -0.2) is 37.5 Å². The summed E-state index contributed by atoms with van der Waals surface area (Å²) in [7, 11) is 1.67. The van der Waals surface area contributed by atoms with E-state index in [1.54, 1.807) is 19.2 Å². The lowest BCUT2D eigenvalue weighted by atomic mass is 10.1. The van der Waals surface area contributed by atoms with E-state index in [1.807, 2.05) is 6.07 Å². The van der Waals surface area contributed by atoms with Crippen molar-refractivity contribution in [3.8, 4) is 11.7 Å². The fourth-order valence-electron chi connectivity index (χ4n) is 3.65. The fraction of sp³-hybridized carbons (Fsp3) is 0.238. The maximum absolute atomic E-state index is 12.9. The largest absolute Gasteiger partial charge is 0.486 e. The number of nitrogens with zero attached hydrogens (tertiary/aromatic N) is 5. The molecule has 9 nitrogen and oxygen atoms in total. The van der Waals surface area contributed by atoms with Crippen molar-refractivity contribution in [2.45, 2.75) is 12.6 Å². The molecule has 2 N–H and O–H groups in total. The molecule has 0 saturated heterocycles. The molecule has 0 radical (unpaired) electrons. The highest BCUT2D eigenvalue weighted by Crippen LogP contribution is 2.34. The predicted molar refractivity (Wildman–Crippen MR) is 120 cm³/mol. The Balaban J connectivity index is 1.54. The highest BCUT2D eigenvalue weighted by atomic mass is 35.5. The van der Waals surface area contributed by atoms with Crippen molar-refractivity contribution < 1.29 is 17.9 Å². The average Bonchev–Trinajstić information content (AvgIpc) is 3.18. The minimum absolute atomic E-state index is 0.0884. The molecule has 0 amide bonds. The third-order valence-electron chi connectivity index (χ3n) is 5.30. The topological polar surface area (TPSA) is 98.9 Å². The Morgan fingerprint density at radius 2 is 2.09 bits per heavy atom. The zero-order valence-electron chi connectivity index (χ0n) is 17.6. The monoisotopic (exact) mass is 491 g/mol. The number of pyridine rings is 1. The second-order valence-electron chi connectivity index (χ2n) is 7.56. The van der Waals surface area contributed by atoms with E-state index < -0.39 is 11.9 Å². The van der Waals surface area contributed by atoms with E-state index in [1.165, 1.54) is 10.8 Å². The second-order valence-corrected chi connectivity index (χ2v) is 7.97. The van der Waals surface area contributed by atoms with Crippen molar-refractivity contribution in [1.82, 2.24) is 24.3 Å². The summed E-state index contributed by atoms with van der Waals surface area (Å²) < 4.78 is 46.8. The summed E-state index contributed by atoms with van der Waals surface area (Å²) in [5.74, 6) is 0.343. The quantitative estimate of drug-likeness (QED) is 0.444. The van der Waals surface area contributed by atoms with Gasteiger partial charge >= 0.3 is 6.18 Å². The number of hydrogen-bond donors (Lipinski definition) is 2. The molecule has 1 aromatic carbocycles. The molecule has 0 saturated carbocycles. The van der Waals surface area contributed by atoms with Crippen LogP contribution < -0.4 is 20.9 Å². The minimum atomic E-state index is -4.58. The number of anilines is 3. The van der Waals surface area contributed by atoms with E-state index in [-0.39, 0.29) is 28.1 Å². The molecular weight excluding hydrogens is 475 g/mol. The molecule has 5 rings (SSSR count). The van der Waals surface area contributed by atoms with E-state index in [0.29, 0.717) is 30.0 Å². The summed E-state index contributed by atoms with van der Waals surface area (Å²) in [6.45, 7) is 1.08. The average molecular weight is 492 g/mol. The van der Waals surface area contributed by atoms with Crippen LogP contribution >= 0.6 is 11.6 Å². The van der Waals surface area contributed by atoms with Crippen LogP contribution in [0.5, 0.6) is 5.75 Å². The van der Waals surface area contributed by atoms with Crippen molar-refractivity contribution >= 4 is 39.7 Å². The van der Waals surface area contributed by atoms with Crippen LogP contribution in [0.2, 0.25) is 5.02 Å². The normalized spacial score (nSPS) is 13.7. The second kappa shape index (κ2) is 8.20. The van der Waals surface area contributed by atoms with Crippen molar-refractivity contribution in [1.29, 1.82) is 0 Å². The summed E-state index contributed by atoms with van der Waals surface area (Å²) in [6, 6.07) is 6.15. The molecule has 0 aliphatic carbocycles. The number of rotatable bonds is 3. The van der Waals surface area contributed by atoms with Crippen LogP contribution in [0.3, 0.4) is 0 Å². The van der Waals surface area contributed by atoms with Crippen molar-refractivity contribution in [3.63, 3.8) is 0 Å². The van der Waals surface area contributed by atoms with Crippen LogP contribution in [0.25, 0.3) is 16.9 Å². The summed E-state index contributed by atoms with van der Waals surface area (Å²) in [5, 5.41) is 10.7. The molecular formula is C21H17ClF3N7O2. The first kappa shape index (κ1) is 22.0. The van der Waals surface area contributed by atoms with Gasteiger partial charge in [0.2, 0.25) is 5.75 Å². The van der Waals surface area contributed by atoms with Crippen molar-refractivity contribution in [3.05, 3.63) is 57.7 Å². The first-order chi connectivity index (χ1) is 16.2. The van der Waals surface area contributed by atoms with Gasteiger partial charge in [-0.3, -0.25) is 4.79 Å². The molecule has 4 aromatic rings. The first-order valence-electron chi connectivity index (χ1n) is 10.2. The molecule has 0 atom stereocenters. The Bertz CT molecular complexity index is 1470. The maximum atomic E-state index is 12.9. The number of aromatic nitrogens is 5. The van der Waals surface area contributed by atoms with E-state index in [2.05, 4.69) is 25.7 Å². The molecule has 0 bridgehead atoms. The highest BCUT2D eigenvalue weighted by molar-refractivity contribution is 6.32. The molecule has 0 spiro atoms. The highest BCUT2D eigenvalue weighted by Gasteiger charge is 2.34. The van der Waals surface area contributed by atoms with Crippen LogP contribution in [-0.2, 0) is 13.2 Å². The SMILES string of the molecule is Cn1c(=O)c2c(c3cc(Nc4nc(-n5ccc(C(F)(F)F)n5)ncc4Cl)ccc31)NCCCO2. The van der Waals surface area contributed by atoms with Gasteiger partial charge in [0.05, 0.1) is 24.0 Å². The molecule has 1 aliphatic rings. The number of hydrogen-bond acceptors (Lipinski definition) is 7. The van der Waals surface area contributed by atoms with E-state index >= 15 is 0 Å². The Morgan fingerprint density at radius 1 is 1.26 bits per heavy atom. The lowest BCUT2D eigenvalue weighted by molar-refractivity contribution is -0.141. The Labute approximate surface area is 195 Å². The summed E-state index contributed by atoms with van der Waals surface area (Å²) in [5.41, 5.74) is 0.583. The van der Waals surface area contributed by atoms with Gasteiger partial charge < -0.3 is 19.9 Å². The summed E-state index contributed by atoms with van der Waals surface area (Å²) in [4.78, 5) is 20.9. The van der Waals surface area contributed by atoms with Crippen LogP contribution in [0.15, 0.2) is 41.5 Å². The Hall–Kier alpha value is -3.80. The zero-order valence-corrected chi connectivity index (χ0v) is 18.4. The number of nitrogens with one attached hydrogen (secondary N) is 2. The maximum Gasteiger partial charge on any atom is 0.435 e. The van der Waals surface area contributed by atoms with E-state index in [4.69, 9.17) is 16.3 Å². The summed E-state index contributed by atoms with van der Waals surface area (Å²) >= 11 is 6.24. The van der Waals surface area contributed by atoms with Gasteiger partial charge in [-0.1, -0.05) is 11.6 Å². The summed E-state index contributed by atoms with van der Waals surface area (Å²) in [6.07, 6.45) is -1.44. The van der Waals surface area contributed by atoms with Gasteiger partial charge in [0.25, 0.3) is 11.5 Å². The third kappa shape index (κ3) is 3.89. The van der Waals surface area contributed by atoms with Crippen LogP contribution in [0.1, 0.15) is 12.1 Å². The minimum Gasteiger partial charge on any atom is -0.486 e. The van der Waals surface area contributed by atoms with Gasteiger partial charge in [0, 0.05) is 30.9 Å². The lowest BCUT2D eigenvalue weighted by Crippen LogP contribution is -2.20. The van der Waals surface area contributed by atoms with Crippen molar-refractivity contribution in [2.24, 2.45) is 7.05 Å². The number of halogens is 4. The molecule has 1 aliphatic heterocycles. The van der Waals surface area contributed by atoms with Gasteiger partial charge in [0.15, 0.2) is 11.5 Å². The number of aryl methyl sites for hydroxylation is 1. The third-order valence-corrected chi connectivity index (χ3v) is 5.58. The number of benzene rings is 1.